The van der Waals surface area contributed by atoms with E-state index < -0.39 is 85.0 Å². The third-order valence-corrected chi connectivity index (χ3v) is 9.46. The Morgan fingerprint density at radius 1 is 0.855 bits per heavy atom. The molecule has 300 valence electrons. The number of aromatic nitrogens is 2. The monoisotopic (exact) mass is 793 g/mol. The van der Waals surface area contributed by atoms with Crippen molar-refractivity contribution in [2.75, 3.05) is 48.1 Å². The van der Waals surface area contributed by atoms with E-state index in [2.05, 4.69) is 15.3 Å². The van der Waals surface area contributed by atoms with Gasteiger partial charge in [-0.25, -0.2) is 19.2 Å². The summed E-state index contributed by atoms with van der Waals surface area (Å²) in [5.41, 5.74) is -4.18. The molecule has 1 aromatic heterocycles. The average molecular weight is 794 g/mol. The zero-order valence-corrected chi connectivity index (χ0v) is 29.5. The minimum absolute atomic E-state index is 0.00285. The first-order chi connectivity index (χ1) is 25.8. The van der Waals surface area contributed by atoms with Crippen LogP contribution in [0.5, 0.6) is 0 Å². The summed E-state index contributed by atoms with van der Waals surface area (Å²) in [4.78, 5) is 37.1. The van der Waals surface area contributed by atoms with E-state index >= 15 is 0 Å². The Morgan fingerprint density at radius 2 is 1.49 bits per heavy atom. The molecule has 2 atom stereocenters. The average Bonchev–Trinajstić information content (AvgIpc) is 3.12. The summed E-state index contributed by atoms with van der Waals surface area (Å²) in [6.45, 7) is 2.46. The van der Waals surface area contributed by atoms with Crippen LogP contribution in [-0.2, 0) is 39.2 Å². The first-order valence-corrected chi connectivity index (χ1v) is 17.4. The van der Waals surface area contributed by atoms with Crippen molar-refractivity contribution in [2.45, 2.75) is 76.6 Å². The van der Waals surface area contributed by atoms with Crippen LogP contribution in [0.15, 0.2) is 42.6 Å². The number of hydrogen-bond donors (Lipinski definition) is 1. The van der Waals surface area contributed by atoms with Crippen LogP contribution in [0.25, 0.3) is 0 Å². The largest absolute Gasteiger partial charge is 0.466 e. The van der Waals surface area contributed by atoms with Crippen LogP contribution in [0.4, 0.5) is 66.0 Å². The van der Waals surface area contributed by atoms with E-state index in [0.717, 1.165) is 23.1 Å². The molecule has 5 rings (SSSR count). The maximum atomic E-state index is 13.9. The smallest absolute Gasteiger partial charge is 0.416 e. The van der Waals surface area contributed by atoms with Gasteiger partial charge in [0, 0.05) is 25.6 Å². The number of nitrogens with one attached hydrogen (secondary N) is 1. The highest BCUT2D eigenvalue weighted by atomic mass is 19.4. The topological polar surface area (TPSA) is 96.9 Å². The van der Waals surface area contributed by atoms with Crippen molar-refractivity contribution in [2.24, 2.45) is 5.92 Å². The lowest BCUT2D eigenvalue weighted by Gasteiger charge is -2.40. The highest BCUT2D eigenvalue weighted by Crippen LogP contribution is 2.44. The fourth-order valence-electron chi connectivity index (χ4n) is 6.82. The van der Waals surface area contributed by atoms with Gasteiger partial charge in [0.15, 0.2) is 0 Å². The highest BCUT2D eigenvalue weighted by molar-refractivity contribution is 5.90. The molecule has 55 heavy (non-hydrogen) atoms. The lowest BCUT2D eigenvalue weighted by atomic mass is 9.89. The van der Waals surface area contributed by atoms with E-state index in [-0.39, 0.29) is 72.7 Å². The summed E-state index contributed by atoms with van der Waals surface area (Å²) in [7, 11) is 0. The van der Waals surface area contributed by atoms with E-state index in [1.54, 1.807) is 18.7 Å². The Kier molecular flexibility index (Phi) is 12.4. The number of esters is 1. The molecular formula is C36H37F10N5O4. The number of amides is 1. The van der Waals surface area contributed by atoms with Gasteiger partial charge >= 0.3 is 30.6 Å². The molecule has 2 aliphatic rings. The van der Waals surface area contributed by atoms with Crippen LogP contribution in [0.1, 0.15) is 79.1 Å². The van der Waals surface area contributed by atoms with Crippen molar-refractivity contribution in [3.05, 3.63) is 76.1 Å². The molecule has 0 spiro atoms. The van der Waals surface area contributed by atoms with E-state index in [1.165, 1.54) is 6.20 Å². The molecule has 0 unspecified atom stereocenters. The lowest BCUT2D eigenvalue weighted by molar-refractivity contribution is -0.148. The second-order valence-corrected chi connectivity index (χ2v) is 13.1. The van der Waals surface area contributed by atoms with Gasteiger partial charge in [0.1, 0.15) is 13.3 Å². The van der Waals surface area contributed by atoms with Crippen molar-refractivity contribution in [3.63, 3.8) is 0 Å². The van der Waals surface area contributed by atoms with Crippen molar-refractivity contribution in [1.82, 2.24) is 9.97 Å². The number of benzene rings is 2. The van der Waals surface area contributed by atoms with Crippen LogP contribution >= 0.6 is 0 Å². The van der Waals surface area contributed by atoms with Crippen LogP contribution in [0, 0.1) is 5.92 Å². The molecule has 9 nitrogen and oxygen atoms in total. The minimum Gasteiger partial charge on any atom is -0.466 e. The Morgan fingerprint density at radius 3 is 2.05 bits per heavy atom. The molecule has 0 bridgehead atoms. The number of hydrogen-bond acceptors (Lipinski definition) is 8. The number of fused-ring (bicyclic) bond motifs is 1. The van der Waals surface area contributed by atoms with Gasteiger partial charge in [-0.05, 0) is 80.1 Å². The highest BCUT2D eigenvalue weighted by Gasteiger charge is 2.40. The number of carbonyl (C=O) groups is 2. The number of ether oxygens (including phenoxy) is 2. The van der Waals surface area contributed by atoms with Crippen molar-refractivity contribution in [1.29, 1.82) is 0 Å². The van der Waals surface area contributed by atoms with Crippen LogP contribution in [0.2, 0.25) is 0 Å². The summed E-state index contributed by atoms with van der Waals surface area (Å²) >= 11 is 0. The quantitative estimate of drug-likeness (QED) is 0.161. The molecule has 0 radical (unpaired) electrons. The van der Waals surface area contributed by atoms with Gasteiger partial charge in [-0.2, -0.15) is 39.5 Å². The van der Waals surface area contributed by atoms with Gasteiger partial charge in [0.25, 0.3) is 0 Å². The van der Waals surface area contributed by atoms with E-state index in [4.69, 9.17) is 9.47 Å². The summed E-state index contributed by atoms with van der Waals surface area (Å²) < 4.78 is 147. The SMILES string of the molecule is CCOC(=O)C1CCN(c2cnc(N[C@H]3C[C@@H](CC)N(C(=O)OCCF)c4ccc(C(F)(F)F)cc43)nc2Cc2cc(C(F)(F)F)cc(C(F)(F)F)c2)CC1. The molecule has 3 aromatic rings. The van der Waals surface area contributed by atoms with Crippen LogP contribution < -0.4 is 15.1 Å². The van der Waals surface area contributed by atoms with Gasteiger partial charge in [0.2, 0.25) is 5.95 Å². The molecule has 1 saturated heterocycles. The second-order valence-electron chi connectivity index (χ2n) is 13.1. The van der Waals surface area contributed by atoms with Crippen molar-refractivity contribution in [3.8, 4) is 0 Å². The van der Waals surface area contributed by atoms with Gasteiger partial charge in [-0.15, -0.1) is 0 Å². The zero-order valence-electron chi connectivity index (χ0n) is 29.5. The molecule has 0 saturated carbocycles. The van der Waals surface area contributed by atoms with Crippen LogP contribution in [0.3, 0.4) is 0 Å². The van der Waals surface area contributed by atoms with E-state index in [9.17, 15) is 53.5 Å². The Bertz CT molecular complexity index is 1810. The third kappa shape index (κ3) is 9.70. The van der Waals surface area contributed by atoms with Gasteiger partial charge in [-0.1, -0.05) is 6.92 Å². The predicted octanol–water partition coefficient (Wildman–Crippen LogP) is 9.15. The van der Waals surface area contributed by atoms with E-state index in [1.807, 2.05) is 0 Å². The number of anilines is 3. The standard InChI is InChI=1S/C36H37F10N5O4/c1-3-25-18-27(26-17-22(34(38,39)40)5-6-29(26)51(25)33(53)55-12-9-37)48-32-47-19-30(50-10-7-21(8-11-50)31(52)54-4-2)28(49-32)15-20-13-23(35(41,42)43)16-24(14-20)36(44,45)46/h5-6,13-14,16-17,19,21,25,27H,3-4,7-12,15,18H2,1-2H3,(H,47,48,49)/t25-,27+/m1/s1. The fraction of sp³-hybridized carbons (Fsp3) is 0.500. The Labute approximate surface area is 309 Å². The molecule has 1 fully saturated rings. The third-order valence-electron chi connectivity index (χ3n) is 9.46. The molecule has 19 heteroatoms. The summed E-state index contributed by atoms with van der Waals surface area (Å²) in [5, 5.41) is 2.98. The maximum absolute atomic E-state index is 13.9. The summed E-state index contributed by atoms with van der Waals surface area (Å²) in [6.07, 6.45) is -14.3. The van der Waals surface area contributed by atoms with Crippen LogP contribution in [-0.4, -0.2) is 61.1 Å². The number of carbonyl (C=O) groups excluding carboxylic acids is 2. The number of rotatable bonds is 10. The molecule has 2 aromatic carbocycles. The molecule has 1 amide bonds. The van der Waals surface area contributed by atoms with Crippen molar-refractivity contribution < 1.29 is 63.0 Å². The predicted molar refractivity (Wildman–Crippen MR) is 179 cm³/mol. The number of halogens is 10. The van der Waals surface area contributed by atoms with Gasteiger partial charge in [-0.3, -0.25) is 9.69 Å². The molecule has 0 aliphatic carbocycles. The summed E-state index contributed by atoms with van der Waals surface area (Å²) in [6, 6.07) is 2.22. The molecular weight excluding hydrogens is 756 g/mol. The second kappa shape index (κ2) is 16.5. The lowest BCUT2D eigenvalue weighted by Crippen LogP contribution is -2.46. The van der Waals surface area contributed by atoms with Gasteiger partial charge < -0.3 is 19.7 Å². The maximum Gasteiger partial charge on any atom is 0.416 e. The normalized spacial score (nSPS) is 18.2. The van der Waals surface area contributed by atoms with Gasteiger partial charge in [0.05, 0.1) is 58.5 Å². The van der Waals surface area contributed by atoms with Crippen molar-refractivity contribution >= 4 is 29.4 Å². The Hall–Kier alpha value is -4.84. The fourth-order valence-corrected chi connectivity index (χ4v) is 6.82. The number of nitrogens with zero attached hydrogens (tertiary/aromatic N) is 4. The summed E-state index contributed by atoms with van der Waals surface area (Å²) in [5.74, 6) is -1.05. The number of piperidine rings is 1. The number of alkyl halides is 10. The molecule has 3 heterocycles. The molecule has 1 N–H and O–H groups in total. The first kappa shape index (κ1) is 41.3. The Balaban J connectivity index is 1.57. The van der Waals surface area contributed by atoms with E-state index in [0.29, 0.717) is 25.0 Å². The minimum atomic E-state index is -5.11. The first-order valence-electron chi connectivity index (χ1n) is 17.4. The zero-order chi connectivity index (χ0) is 40.3. The molecule has 2 aliphatic heterocycles.